The van der Waals surface area contributed by atoms with Crippen LogP contribution in [0.25, 0.3) is 176 Å². The SMILES string of the molecule is Cc1cc(C)c(B(c2cccc(-n3c4ccccc4c4c5c6ccccc6n(-c6ccc7oc8ccc(-c9ccccc9)cc8c7c6)c5ccc43)c2)c2cccc(-n3c4ccccc4c4c5c6ccccc6n(-c6ccc7oc8ccc(-c9ccccc9)cc8c7c6)c5ccc43)c2)c(C)c1. The molecule has 7 heteroatoms. The fraction of sp³-hybridized carbons (Fsp3) is 0.0323. The number of aryl methyl sites for hydroxylation is 3. The van der Waals surface area contributed by atoms with Gasteiger partial charge in [-0.3, -0.25) is 0 Å². The van der Waals surface area contributed by atoms with Gasteiger partial charge in [0.15, 0.2) is 0 Å². The molecular formula is C93H61BN4O2. The van der Waals surface area contributed by atoms with Gasteiger partial charge in [-0.15, -0.1) is 0 Å². The second-order valence-corrected chi connectivity index (χ2v) is 27.3. The Balaban J connectivity index is 0.718. The molecular weight excluding hydrogens is 1220 g/mol. The Morgan fingerprint density at radius 1 is 0.230 bits per heavy atom. The zero-order valence-electron chi connectivity index (χ0n) is 55.2. The van der Waals surface area contributed by atoms with Crippen LogP contribution < -0.4 is 16.4 Å². The summed E-state index contributed by atoms with van der Waals surface area (Å²) in [7, 11) is 0. The molecule has 0 spiro atoms. The summed E-state index contributed by atoms with van der Waals surface area (Å²) in [5, 5.41) is 14.2. The molecule has 0 aliphatic rings. The Kier molecular flexibility index (Phi) is 12.2. The minimum atomic E-state index is -0.111. The van der Waals surface area contributed by atoms with Crippen LogP contribution in [0.2, 0.25) is 0 Å². The lowest BCUT2D eigenvalue weighted by Gasteiger charge is -2.23. The van der Waals surface area contributed by atoms with Crippen molar-refractivity contribution in [1.29, 1.82) is 0 Å². The van der Waals surface area contributed by atoms with Gasteiger partial charge >= 0.3 is 0 Å². The second kappa shape index (κ2) is 21.6. The minimum absolute atomic E-state index is 0.111. The van der Waals surface area contributed by atoms with E-state index in [2.05, 4.69) is 354 Å². The number of rotatable bonds is 9. The Morgan fingerprint density at radius 2 is 0.550 bits per heavy atom. The van der Waals surface area contributed by atoms with E-state index >= 15 is 0 Å². The first kappa shape index (κ1) is 56.4. The van der Waals surface area contributed by atoms with Gasteiger partial charge in [-0.2, -0.15) is 0 Å². The molecule has 0 N–H and O–H groups in total. The van der Waals surface area contributed by atoms with E-state index in [9.17, 15) is 0 Å². The van der Waals surface area contributed by atoms with Crippen molar-refractivity contribution in [2.75, 3.05) is 0 Å². The molecule has 0 atom stereocenters. The van der Waals surface area contributed by atoms with Crippen LogP contribution in [0.5, 0.6) is 0 Å². The zero-order chi connectivity index (χ0) is 66.0. The van der Waals surface area contributed by atoms with Gasteiger partial charge in [0.2, 0.25) is 6.71 Å². The van der Waals surface area contributed by atoms with Crippen LogP contribution in [0, 0.1) is 20.8 Å². The van der Waals surface area contributed by atoms with Crippen molar-refractivity contribution < 1.29 is 8.83 Å². The smallest absolute Gasteiger partial charge is 0.242 e. The predicted molar refractivity (Wildman–Crippen MR) is 421 cm³/mol. The van der Waals surface area contributed by atoms with E-state index in [0.29, 0.717) is 0 Å². The molecule has 0 amide bonds. The molecule has 100 heavy (non-hydrogen) atoms. The standard InChI is InChI=1S/C93H61BN4O2/c1-56-48-57(2)93(58(3)49-56)94(63-24-18-26-65(52-63)95-77-32-14-10-28-69(77)89-81(95)40-42-83-91(89)71-30-12-16-34-79(71)97(83)67-38-46-87-75(54-67)73-50-61(36-44-85(73)99-87)59-20-6-4-7-21-59)64-25-19-27-66(53-64)96-78-33-15-11-29-70(78)90-82(96)41-43-84-92(90)72-31-13-17-35-80(72)98(84)68-39-47-88-76(55-68)74-51-62(37-45-86(74)100-88)60-22-8-5-9-23-60/h4-55H,1-3H3. The van der Waals surface area contributed by atoms with E-state index < -0.39 is 0 Å². The summed E-state index contributed by atoms with van der Waals surface area (Å²) in [6.07, 6.45) is 0. The molecule has 0 radical (unpaired) electrons. The Bertz CT molecular complexity index is 6600. The molecule has 15 aromatic carbocycles. The van der Waals surface area contributed by atoms with Crippen LogP contribution in [0.3, 0.4) is 0 Å². The van der Waals surface area contributed by atoms with Gasteiger partial charge in [-0.25, -0.2) is 0 Å². The van der Waals surface area contributed by atoms with E-state index in [1.807, 2.05) is 0 Å². The Hall–Kier alpha value is -12.8. The van der Waals surface area contributed by atoms with Gasteiger partial charge in [0.25, 0.3) is 0 Å². The summed E-state index contributed by atoms with van der Waals surface area (Å²) >= 11 is 0. The van der Waals surface area contributed by atoms with E-state index in [1.165, 1.54) is 98.4 Å². The monoisotopic (exact) mass is 1280 g/mol. The number of furan rings is 2. The fourth-order valence-corrected chi connectivity index (χ4v) is 17.4. The normalized spacial score (nSPS) is 12.2. The number of hydrogen-bond donors (Lipinski definition) is 0. The highest BCUT2D eigenvalue weighted by atomic mass is 16.3. The number of aromatic nitrogens is 4. The number of para-hydroxylation sites is 4. The molecule has 6 nitrogen and oxygen atoms in total. The van der Waals surface area contributed by atoms with Gasteiger partial charge in [-0.1, -0.05) is 215 Å². The second-order valence-electron chi connectivity index (χ2n) is 27.3. The highest BCUT2D eigenvalue weighted by molar-refractivity contribution is 6.96. The first-order chi connectivity index (χ1) is 49.3. The fourth-order valence-electron chi connectivity index (χ4n) is 17.4. The summed E-state index contributed by atoms with van der Waals surface area (Å²) in [6, 6.07) is 116. The van der Waals surface area contributed by atoms with Gasteiger partial charge in [-0.05, 0) is 176 Å². The lowest BCUT2D eigenvalue weighted by atomic mass is 9.35. The summed E-state index contributed by atoms with van der Waals surface area (Å²) in [5.41, 5.74) is 29.5. The van der Waals surface area contributed by atoms with Crippen LogP contribution in [0.1, 0.15) is 16.7 Å². The Labute approximate surface area is 575 Å². The van der Waals surface area contributed by atoms with E-state index in [4.69, 9.17) is 8.83 Å². The summed E-state index contributed by atoms with van der Waals surface area (Å²) in [5.74, 6) is 0. The lowest BCUT2D eigenvalue weighted by molar-refractivity contribution is 0.668. The number of benzene rings is 15. The largest absolute Gasteiger partial charge is 0.456 e. The van der Waals surface area contributed by atoms with Gasteiger partial charge in [0.1, 0.15) is 22.3 Å². The van der Waals surface area contributed by atoms with Crippen molar-refractivity contribution in [3.8, 4) is 45.0 Å². The topological polar surface area (TPSA) is 46.0 Å². The van der Waals surface area contributed by atoms with Crippen LogP contribution in [-0.4, -0.2) is 25.0 Å². The molecule has 0 bridgehead atoms. The highest BCUT2D eigenvalue weighted by Crippen LogP contribution is 2.46. The summed E-state index contributed by atoms with van der Waals surface area (Å²) in [6.45, 7) is 6.71. The molecule has 6 aromatic heterocycles. The average molecular weight is 1280 g/mol. The van der Waals surface area contributed by atoms with Crippen LogP contribution in [-0.2, 0) is 0 Å². The molecule has 21 rings (SSSR count). The molecule has 0 aliphatic heterocycles. The maximum atomic E-state index is 6.52. The van der Waals surface area contributed by atoms with Crippen LogP contribution in [0.4, 0.5) is 0 Å². The van der Waals surface area contributed by atoms with Crippen molar-refractivity contribution in [3.63, 3.8) is 0 Å². The first-order valence-corrected chi connectivity index (χ1v) is 34.6. The van der Waals surface area contributed by atoms with E-state index in [0.717, 1.165) is 111 Å². The summed E-state index contributed by atoms with van der Waals surface area (Å²) < 4.78 is 23.0. The lowest BCUT2D eigenvalue weighted by Crippen LogP contribution is -2.54. The van der Waals surface area contributed by atoms with Gasteiger partial charge < -0.3 is 27.1 Å². The average Bonchev–Trinajstić information content (AvgIpc) is 1.55. The zero-order valence-corrected chi connectivity index (χ0v) is 55.2. The third kappa shape index (κ3) is 8.33. The molecule has 21 aromatic rings. The highest BCUT2D eigenvalue weighted by Gasteiger charge is 2.29. The minimum Gasteiger partial charge on any atom is -0.456 e. The number of fused-ring (bicyclic) bond motifs is 20. The molecule has 0 saturated carbocycles. The number of hydrogen-bond acceptors (Lipinski definition) is 2. The van der Waals surface area contributed by atoms with Crippen molar-refractivity contribution in [1.82, 2.24) is 18.3 Å². The molecule has 6 heterocycles. The maximum absolute atomic E-state index is 6.52. The molecule has 468 valence electrons. The molecule has 0 aliphatic carbocycles. The van der Waals surface area contributed by atoms with Crippen molar-refractivity contribution in [2.24, 2.45) is 0 Å². The maximum Gasteiger partial charge on any atom is 0.242 e. The van der Waals surface area contributed by atoms with Gasteiger partial charge in [0.05, 0.1) is 44.1 Å². The molecule has 0 fully saturated rings. The summed E-state index contributed by atoms with van der Waals surface area (Å²) in [4.78, 5) is 0. The van der Waals surface area contributed by atoms with E-state index in [-0.39, 0.29) is 6.71 Å². The first-order valence-electron chi connectivity index (χ1n) is 34.6. The predicted octanol–water partition coefficient (Wildman–Crippen LogP) is 22.6. The quantitative estimate of drug-likeness (QED) is 0.135. The molecule has 0 unspecified atom stereocenters. The number of nitrogens with zero attached hydrogens (tertiary/aromatic N) is 4. The Morgan fingerprint density at radius 3 is 0.920 bits per heavy atom. The van der Waals surface area contributed by atoms with Crippen molar-refractivity contribution >= 4 is 154 Å². The van der Waals surface area contributed by atoms with Crippen LogP contribution >= 0.6 is 0 Å². The van der Waals surface area contributed by atoms with Gasteiger partial charge in [0, 0.05) is 87.4 Å². The third-order valence-electron chi connectivity index (χ3n) is 21.5. The van der Waals surface area contributed by atoms with Crippen molar-refractivity contribution in [2.45, 2.75) is 20.8 Å². The third-order valence-corrected chi connectivity index (χ3v) is 21.5. The molecule has 0 saturated heterocycles. The van der Waals surface area contributed by atoms with E-state index in [1.54, 1.807) is 0 Å². The van der Waals surface area contributed by atoms with Crippen LogP contribution in [0.15, 0.2) is 324 Å². The van der Waals surface area contributed by atoms with Crippen molar-refractivity contribution in [3.05, 3.63) is 332 Å².